The fraction of sp³-hybridized carbons (Fsp3) is 0.250. The number of para-hydroxylation sites is 1. The first-order valence-electron chi connectivity index (χ1n) is 9.73. The van der Waals surface area contributed by atoms with Crippen LogP contribution in [0.5, 0.6) is 0 Å². The lowest BCUT2D eigenvalue weighted by Gasteiger charge is -2.20. The molecule has 1 heterocycles. The van der Waals surface area contributed by atoms with Crippen LogP contribution in [0.25, 0.3) is 0 Å². The first kappa shape index (κ1) is 19.6. The second-order valence-corrected chi connectivity index (χ2v) is 6.97. The number of aryl methyl sites for hydroxylation is 1. The van der Waals surface area contributed by atoms with Gasteiger partial charge in [0.05, 0.1) is 0 Å². The van der Waals surface area contributed by atoms with Crippen LogP contribution in [0.1, 0.15) is 47.1 Å². The number of amides is 1. The fourth-order valence-corrected chi connectivity index (χ4v) is 3.38. The molecule has 0 bridgehead atoms. The molecule has 0 atom stereocenters. The number of benzene rings is 2. The van der Waals surface area contributed by atoms with E-state index < -0.39 is 0 Å². The highest BCUT2D eigenvalue weighted by Crippen LogP contribution is 2.17. The smallest absolute Gasteiger partial charge is 0.261 e. The normalized spacial score (nSPS) is 10.6. The number of carbonyl (C=O) groups is 1. The monoisotopic (exact) mass is 374 g/mol. The van der Waals surface area contributed by atoms with Gasteiger partial charge in [-0.1, -0.05) is 61.9 Å². The van der Waals surface area contributed by atoms with E-state index in [1.54, 1.807) is 6.07 Å². The van der Waals surface area contributed by atoms with Crippen molar-refractivity contribution in [1.29, 1.82) is 0 Å². The zero-order valence-electron chi connectivity index (χ0n) is 16.4. The van der Waals surface area contributed by atoms with Gasteiger partial charge in [-0.25, -0.2) is 0 Å². The summed E-state index contributed by atoms with van der Waals surface area (Å²) in [5, 5.41) is 2.87. The van der Waals surface area contributed by atoms with Gasteiger partial charge in [-0.2, -0.15) is 0 Å². The number of anilines is 1. The molecule has 0 saturated carbocycles. The molecule has 3 rings (SSSR count). The lowest BCUT2D eigenvalue weighted by molar-refractivity contribution is 0.102. The summed E-state index contributed by atoms with van der Waals surface area (Å²) in [5.41, 5.74) is 3.53. The number of hydrogen-bond donors (Lipinski definition) is 1. The number of aromatic nitrogens is 1. The Morgan fingerprint density at radius 3 is 2.29 bits per heavy atom. The topological polar surface area (TPSA) is 51.1 Å². The van der Waals surface area contributed by atoms with Crippen molar-refractivity contribution in [3.63, 3.8) is 0 Å². The maximum atomic E-state index is 13.0. The van der Waals surface area contributed by atoms with Crippen molar-refractivity contribution in [3.05, 3.63) is 99.5 Å². The van der Waals surface area contributed by atoms with Crippen LogP contribution in [0, 0.1) is 6.92 Å². The van der Waals surface area contributed by atoms with Crippen LogP contribution in [0.2, 0.25) is 0 Å². The molecule has 1 amide bonds. The van der Waals surface area contributed by atoms with E-state index in [1.165, 1.54) is 0 Å². The Labute approximate surface area is 165 Å². The van der Waals surface area contributed by atoms with Crippen LogP contribution in [-0.4, -0.2) is 10.5 Å². The molecule has 0 radical (unpaired) electrons. The molecule has 0 fully saturated rings. The summed E-state index contributed by atoms with van der Waals surface area (Å²) in [5.74, 6) is -0.343. The Hall–Kier alpha value is -3.14. The number of pyridine rings is 1. The molecule has 2 aromatic carbocycles. The molecule has 0 unspecified atom stereocenters. The van der Waals surface area contributed by atoms with Crippen LogP contribution in [0.15, 0.2) is 71.5 Å². The Morgan fingerprint density at radius 1 is 1.00 bits per heavy atom. The van der Waals surface area contributed by atoms with Crippen LogP contribution in [0.4, 0.5) is 5.69 Å². The molecule has 0 saturated heterocycles. The molecule has 3 aromatic rings. The minimum Gasteiger partial charge on any atom is -0.343 e. The number of nitrogens with zero attached hydrogens (tertiary/aromatic N) is 1. The molecule has 0 aliphatic carbocycles. The highest BCUT2D eigenvalue weighted by atomic mass is 16.2. The van der Waals surface area contributed by atoms with Crippen molar-refractivity contribution in [2.45, 2.75) is 39.7 Å². The third-order valence-electron chi connectivity index (χ3n) is 4.84. The molecule has 0 aliphatic rings. The molecular formula is C24H26N2O2. The number of rotatable bonds is 7. The number of carbonyl (C=O) groups excluding carboxylic acids is 1. The Bertz CT molecular complexity index is 992. The first-order valence-corrected chi connectivity index (χ1v) is 9.73. The maximum Gasteiger partial charge on any atom is 0.261 e. The van der Waals surface area contributed by atoms with Crippen molar-refractivity contribution in [2.75, 3.05) is 5.32 Å². The predicted molar refractivity (Wildman–Crippen MR) is 114 cm³/mol. The van der Waals surface area contributed by atoms with Gasteiger partial charge < -0.3 is 9.88 Å². The predicted octanol–water partition coefficient (Wildman–Crippen LogP) is 4.80. The van der Waals surface area contributed by atoms with E-state index in [0.717, 1.165) is 29.8 Å². The van der Waals surface area contributed by atoms with E-state index in [-0.39, 0.29) is 16.9 Å². The SMILES string of the molecule is CCCCc1c(C(=O)Nc2ccccc2)c(=O)cc(C)n1Cc1ccccc1. The Morgan fingerprint density at radius 2 is 1.64 bits per heavy atom. The van der Waals surface area contributed by atoms with Gasteiger partial charge in [0, 0.05) is 29.7 Å². The summed E-state index contributed by atoms with van der Waals surface area (Å²) < 4.78 is 2.10. The summed E-state index contributed by atoms with van der Waals surface area (Å²) in [6, 6.07) is 20.9. The summed E-state index contributed by atoms with van der Waals surface area (Å²) in [6.45, 7) is 4.68. The molecule has 4 nitrogen and oxygen atoms in total. The average molecular weight is 374 g/mol. The van der Waals surface area contributed by atoms with Crippen LogP contribution < -0.4 is 10.7 Å². The summed E-state index contributed by atoms with van der Waals surface area (Å²) in [4.78, 5) is 25.8. The Kier molecular flexibility index (Phi) is 6.43. The summed E-state index contributed by atoms with van der Waals surface area (Å²) >= 11 is 0. The quantitative estimate of drug-likeness (QED) is 0.646. The second-order valence-electron chi connectivity index (χ2n) is 6.97. The highest BCUT2D eigenvalue weighted by molar-refractivity contribution is 6.05. The van der Waals surface area contributed by atoms with Gasteiger partial charge in [-0.3, -0.25) is 9.59 Å². The van der Waals surface area contributed by atoms with Crippen molar-refractivity contribution >= 4 is 11.6 Å². The summed E-state index contributed by atoms with van der Waals surface area (Å²) in [6.07, 6.45) is 2.61. The first-order chi connectivity index (χ1) is 13.6. The minimum atomic E-state index is -0.343. The minimum absolute atomic E-state index is 0.221. The van der Waals surface area contributed by atoms with E-state index in [9.17, 15) is 9.59 Å². The van der Waals surface area contributed by atoms with E-state index in [1.807, 2.05) is 55.5 Å². The van der Waals surface area contributed by atoms with Crippen LogP contribution >= 0.6 is 0 Å². The highest BCUT2D eigenvalue weighted by Gasteiger charge is 2.20. The van der Waals surface area contributed by atoms with Crippen molar-refractivity contribution in [3.8, 4) is 0 Å². The van der Waals surface area contributed by atoms with Gasteiger partial charge in [0.25, 0.3) is 5.91 Å². The third-order valence-corrected chi connectivity index (χ3v) is 4.84. The molecular weight excluding hydrogens is 348 g/mol. The molecule has 28 heavy (non-hydrogen) atoms. The van der Waals surface area contributed by atoms with Gasteiger partial charge in [0.2, 0.25) is 0 Å². The second kappa shape index (κ2) is 9.18. The molecule has 1 N–H and O–H groups in total. The molecule has 144 valence electrons. The number of unbranched alkanes of at least 4 members (excludes halogenated alkanes) is 1. The molecule has 0 spiro atoms. The fourth-order valence-electron chi connectivity index (χ4n) is 3.38. The van der Waals surface area contributed by atoms with Crippen molar-refractivity contribution in [1.82, 2.24) is 4.57 Å². The van der Waals surface area contributed by atoms with E-state index in [0.29, 0.717) is 18.7 Å². The van der Waals surface area contributed by atoms with Gasteiger partial charge in [-0.05, 0) is 37.5 Å². The molecule has 1 aromatic heterocycles. The average Bonchev–Trinajstić information content (AvgIpc) is 2.70. The largest absolute Gasteiger partial charge is 0.343 e. The number of hydrogen-bond acceptors (Lipinski definition) is 2. The third kappa shape index (κ3) is 4.58. The van der Waals surface area contributed by atoms with Crippen molar-refractivity contribution < 1.29 is 4.79 Å². The standard InChI is InChI=1S/C24H26N2O2/c1-3-4-15-21-23(24(28)25-20-13-9-6-10-14-20)22(27)16-18(2)26(21)17-19-11-7-5-8-12-19/h5-14,16H,3-4,15,17H2,1-2H3,(H,25,28). The lowest BCUT2D eigenvalue weighted by atomic mass is 10.0. The van der Waals surface area contributed by atoms with Crippen molar-refractivity contribution in [2.24, 2.45) is 0 Å². The Balaban J connectivity index is 2.05. The zero-order valence-corrected chi connectivity index (χ0v) is 16.4. The maximum absolute atomic E-state index is 13.0. The number of nitrogens with one attached hydrogen (secondary N) is 1. The van der Waals surface area contributed by atoms with Gasteiger partial charge in [0.15, 0.2) is 5.43 Å². The van der Waals surface area contributed by atoms with Gasteiger partial charge >= 0.3 is 0 Å². The van der Waals surface area contributed by atoms with E-state index in [2.05, 4.69) is 28.9 Å². The van der Waals surface area contributed by atoms with Gasteiger partial charge in [0.1, 0.15) is 5.56 Å². The van der Waals surface area contributed by atoms with E-state index >= 15 is 0 Å². The molecule has 0 aliphatic heterocycles. The zero-order chi connectivity index (χ0) is 19.9. The van der Waals surface area contributed by atoms with Crippen LogP contribution in [0.3, 0.4) is 0 Å². The lowest BCUT2D eigenvalue weighted by Crippen LogP contribution is -2.28. The molecule has 4 heteroatoms. The van der Waals surface area contributed by atoms with E-state index in [4.69, 9.17) is 0 Å². The van der Waals surface area contributed by atoms with Crippen LogP contribution in [-0.2, 0) is 13.0 Å². The summed E-state index contributed by atoms with van der Waals surface area (Å²) in [7, 11) is 0. The van der Waals surface area contributed by atoms with Gasteiger partial charge in [-0.15, -0.1) is 0 Å².